The van der Waals surface area contributed by atoms with Crippen molar-refractivity contribution in [1.29, 1.82) is 0 Å². The summed E-state index contributed by atoms with van der Waals surface area (Å²) in [5.74, 6) is -0.974. The number of benzene rings is 1. The van der Waals surface area contributed by atoms with E-state index in [-0.39, 0.29) is 25.5 Å². The number of nitrogens with zero attached hydrogens (tertiary/aromatic N) is 2. The Morgan fingerprint density at radius 2 is 1.96 bits per heavy atom. The largest absolute Gasteiger partial charge is 0.467 e. The highest BCUT2D eigenvalue weighted by Crippen LogP contribution is 2.14. The Morgan fingerprint density at radius 3 is 2.62 bits per heavy atom. The molecule has 0 spiro atoms. The lowest BCUT2D eigenvalue weighted by Crippen LogP contribution is -2.58. The molecule has 8 nitrogen and oxygen atoms in total. The van der Waals surface area contributed by atoms with Gasteiger partial charge in [-0.1, -0.05) is 30.3 Å². The summed E-state index contributed by atoms with van der Waals surface area (Å²) in [4.78, 5) is 38.8. The van der Waals surface area contributed by atoms with Gasteiger partial charge in [-0.05, 0) is 12.5 Å². The van der Waals surface area contributed by atoms with Crippen molar-refractivity contribution >= 4 is 18.0 Å². The molecule has 0 aliphatic carbocycles. The third-order valence-electron chi connectivity index (χ3n) is 4.33. The second-order valence-electron chi connectivity index (χ2n) is 6.06. The highest BCUT2D eigenvalue weighted by Gasteiger charge is 2.35. The number of carbonyl (C=O) groups is 3. The number of amides is 2. The predicted octanol–water partition coefficient (Wildman–Crippen LogP) is 0.780. The van der Waals surface area contributed by atoms with Crippen molar-refractivity contribution < 1.29 is 29.0 Å². The van der Waals surface area contributed by atoms with Crippen LogP contribution in [0.5, 0.6) is 0 Å². The molecule has 142 valence electrons. The minimum absolute atomic E-state index is 0.0869. The first-order valence-corrected chi connectivity index (χ1v) is 8.46. The van der Waals surface area contributed by atoms with Gasteiger partial charge in [0.15, 0.2) is 6.10 Å². The van der Waals surface area contributed by atoms with E-state index in [9.17, 15) is 19.5 Å². The van der Waals surface area contributed by atoms with Crippen LogP contribution in [0.3, 0.4) is 0 Å². The monoisotopic (exact) mass is 364 g/mol. The van der Waals surface area contributed by atoms with Crippen molar-refractivity contribution in [3.8, 4) is 0 Å². The minimum atomic E-state index is -1.27. The van der Waals surface area contributed by atoms with Gasteiger partial charge >= 0.3 is 12.1 Å². The van der Waals surface area contributed by atoms with Crippen molar-refractivity contribution in [2.24, 2.45) is 0 Å². The maximum absolute atomic E-state index is 12.4. The summed E-state index contributed by atoms with van der Waals surface area (Å²) in [7, 11) is 1.19. The van der Waals surface area contributed by atoms with Crippen LogP contribution in [0.15, 0.2) is 30.3 Å². The van der Waals surface area contributed by atoms with Gasteiger partial charge < -0.3 is 19.5 Å². The molecule has 0 radical (unpaired) electrons. The van der Waals surface area contributed by atoms with Crippen LogP contribution in [0, 0.1) is 0 Å². The van der Waals surface area contributed by atoms with E-state index in [1.54, 1.807) is 6.92 Å². The first-order valence-electron chi connectivity index (χ1n) is 8.46. The predicted molar refractivity (Wildman–Crippen MR) is 92.0 cm³/mol. The molecular weight excluding hydrogens is 340 g/mol. The SMILES string of the molecule is COC(=O)C(O)CCN1CCN(C(=O)OCc2ccccc2)[C@@H](C)C1=O. The standard InChI is InChI=1S/C18H24N2O6/c1-13-16(22)19(9-8-15(21)17(23)25-2)10-11-20(13)18(24)26-12-14-6-4-3-5-7-14/h3-7,13,15,21H,8-12H2,1-2H3/t13-,15?/m0/s1. The van der Waals surface area contributed by atoms with E-state index in [4.69, 9.17) is 4.74 Å². The van der Waals surface area contributed by atoms with Crippen LogP contribution in [-0.2, 0) is 25.7 Å². The second-order valence-corrected chi connectivity index (χ2v) is 6.06. The molecule has 26 heavy (non-hydrogen) atoms. The molecule has 1 aliphatic rings. The Labute approximate surface area is 152 Å². The van der Waals surface area contributed by atoms with Crippen LogP contribution < -0.4 is 0 Å². The number of carbonyl (C=O) groups excluding carboxylic acids is 3. The Balaban J connectivity index is 1.84. The number of piperazine rings is 1. The van der Waals surface area contributed by atoms with Crippen LogP contribution in [0.2, 0.25) is 0 Å². The summed E-state index contributed by atoms with van der Waals surface area (Å²) in [6.45, 7) is 2.64. The number of esters is 1. The minimum Gasteiger partial charge on any atom is -0.467 e. The van der Waals surface area contributed by atoms with Gasteiger partial charge in [0.1, 0.15) is 12.6 Å². The van der Waals surface area contributed by atoms with Crippen molar-refractivity contribution in [1.82, 2.24) is 9.80 Å². The van der Waals surface area contributed by atoms with Crippen LogP contribution in [-0.4, -0.2) is 71.8 Å². The van der Waals surface area contributed by atoms with E-state index < -0.39 is 24.2 Å². The molecule has 1 saturated heterocycles. The van der Waals surface area contributed by atoms with Gasteiger partial charge in [-0.3, -0.25) is 9.69 Å². The molecule has 1 fully saturated rings. The normalized spacial score (nSPS) is 18.4. The van der Waals surface area contributed by atoms with Gasteiger partial charge in [-0.25, -0.2) is 9.59 Å². The molecule has 1 heterocycles. The maximum atomic E-state index is 12.4. The molecular formula is C18H24N2O6. The zero-order chi connectivity index (χ0) is 19.1. The van der Waals surface area contributed by atoms with E-state index in [0.717, 1.165) is 5.56 Å². The summed E-state index contributed by atoms with van der Waals surface area (Å²) in [6.07, 6.45) is -1.72. The van der Waals surface area contributed by atoms with Crippen molar-refractivity contribution in [2.45, 2.75) is 32.1 Å². The summed E-state index contributed by atoms with van der Waals surface area (Å²) < 4.78 is 9.73. The molecule has 8 heteroatoms. The zero-order valence-corrected chi connectivity index (χ0v) is 15.0. The van der Waals surface area contributed by atoms with Gasteiger partial charge in [0.2, 0.25) is 5.91 Å². The Morgan fingerprint density at radius 1 is 1.27 bits per heavy atom. The first kappa shape index (κ1) is 19.7. The molecule has 2 atom stereocenters. The van der Waals surface area contributed by atoms with Gasteiger partial charge in [-0.15, -0.1) is 0 Å². The quantitative estimate of drug-likeness (QED) is 0.750. The third kappa shape index (κ3) is 4.95. The van der Waals surface area contributed by atoms with Crippen LogP contribution in [0.25, 0.3) is 0 Å². The topological polar surface area (TPSA) is 96.4 Å². The number of rotatable bonds is 6. The number of aliphatic hydroxyl groups excluding tert-OH is 1. The molecule has 0 aromatic heterocycles. The van der Waals surface area contributed by atoms with E-state index in [1.807, 2.05) is 30.3 Å². The molecule has 1 N–H and O–H groups in total. The van der Waals surface area contributed by atoms with Gasteiger partial charge in [-0.2, -0.15) is 0 Å². The Bertz CT molecular complexity index is 636. The zero-order valence-electron chi connectivity index (χ0n) is 15.0. The number of hydrogen-bond acceptors (Lipinski definition) is 6. The van der Waals surface area contributed by atoms with Crippen molar-refractivity contribution in [3.05, 3.63) is 35.9 Å². The Hall–Kier alpha value is -2.61. The lowest BCUT2D eigenvalue weighted by atomic mass is 10.1. The number of methoxy groups -OCH3 is 1. The van der Waals surface area contributed by atoms with E-state index in [1.165, 1.54) is 16.9 Å². The molecule has 2 rings (SSSR count). The molecule has 1 aromatic rings. The molecule has 1 aromatic carbocycles. The first-order chi connectivity index (χ1) is 12.4. The number of ether oxygens (including phenoxy) is 2. The number of aliphatic hydroxyl groups is 1. The average Bonchev–Trinajstić information content (AvgIpc) is 2.67. The Kier molecular flexibility index (Phi) is 6.97. The summed E-state index contributed by atoms with van der Waals surface area (Å²) in [6, 6.07) is 8.64. The van der Waals surface area contributed by atoms with Gasteiger partial charge in [0.05, 0.1) is 7.11 Å². The number of hydrogen-bond donors (Lipinski definition) is 1. The molecule has 0 bridgehead atoms. The second kappa shape index (κ2) is 9.19. The lowest BCUT2D eigenvalue weighted by Gasteiger charge is -2.38. The molecule has 2 amide bonds. The van der Waals surface area contributed by atoms with E-state index in [0.29, 0.717) is 13.1 Å². The van der Waals surface area contributed by atoms with E-state index in [2.05, 4.69) is 4.74 Å². The van der Waals surface area contributed by atoms with Crippen molar-refractivity contribution in [3.63, 3.8) is 0 Å². The molecule has 0 saturated carbocycles. The lowest BCUT2D eigenvalue weighted by molar-refractivity contribution is -0.152. The fourth-order valence-corrected chi connectivity index (χ4v) is 2.74. The van der Waals surface area contributed by atoms with Crippen LogP contribution in [0.1, 0.15) is 18.9 Å². The summed E-state index contributed by atoms with van der Waals surface area (Å²) >= 11 is 0. The van der Waals surface area contributed by atoms with Gasteiger partial charge in [0.25, 0.3) is 0 Å². The summed E-state index contributed by atoms with van der Waals surface area (Å²) in [5.41, 5.74) is 0.871. The van der Waals surface area contributed by atoms with Gasteiger partial charge in [0, 0.05) is 26.1 Å². The fraction of sp³-hybridized carbons (Fsp3) is 0.500. The van der Waals surface area contributed by atoms with Crippen LogP contribution >= 0.6 is 0 Å². The van der Waals surface area contributed by atoms with E-state index >= 15 is 0 Å². The van der Waals surface area contributed by atoms with Crippen LogP contribution in [0.4, 0.5) is 4.79 Å². The fourth-order valence-electron chi connectivity index (χ4n) is 2.74. The maximum Gasteiger partial charge on any atom is 0.410 e. The highest BCUT2D eigenvalue weighted by molar-refractivity contribution is 5.86. The average molecular weight is 364 g/mol. The molecule has 1 aliphatic heterocycles. The highest BCUT2D eigenvalue weighted by atomic mass is 16.6. The summed E-state index contributed by atoms with van der Waals surface area (Å²) in [5, 5.41) is 9.62. The third-order valence-corrected chi connectivity index (χ3v) is 4.33. The van der Waals surface area contributed by atoms with Crippen molar-refractivity contribution in [2.75, 3.05) is 26.7 Å². The smallest absolute Gasteiger partial charge is 0.410 e. The molecule has 1 unspecified atom stereocenters.